The van der Waals surface area contributed by atoms with Gasteiger partial charge in [0, 0.05) is 23.0 Å². The van der Waals surface area contributed by atoms with Crippen molar-refractivity contribution in [1.82, 2.24) is 0 Å². The highest BCUT2D eigenvalue weighted by Gasteiger charge is 2.11. The lowest BCUT2D eigenvalue weighted by molar-refractivity contribution is 0.104. The van der Waals surface area contributed by atoms with Crippen LogP contribution in [-0.2, 0) is 0 Å². The predicted molar refractivity (Wildman–Crippen MR) is 105 cm³/mol. The van der Waals surface area contributed by atoms with Gasteiger partial charge in [0.15, 0.2) is 5.78 Å². The molecule has 0 heterocycles. The Morgan fingerprint density at radius 2 is 1.62 bits per heavy atom. The second kappa shape index (κ2) is 7.98. The third-order valence-electron chi connectivity index (χ3n) is 3.90. The molecule has 0 saturated heterocycles. The standard InChI is InChI=1S/C22H17ClFNO/c1-15-6-8-16(9-7-15)21(25-18-12-10-17(24)11-13-18)14-22(26)19-4-2-3-5-20(19)23/h2-14,25H,1H3/b21-14+. The van der Waals surface area contributed by atoms with Crippen molar-refractivity contribution in [3.63, 3.8) is 0 Å². The van der Waals surface area contributed by atoms with Crippen LogP contribution < -0.4 is 5.32 Å². The first-order valence-corrected chi connectivity index (χ1v) is 8.51. The molecule has 2 nitrogen and oxygen atoms in total. The molecular weight excluding hydrogens is 349 g/mol. The molecule has 130 valence electrons. The molecular formula is C22H17ClFNO. The quantitative estimate of drug-likeness (QED) is 0.435. The highest BCUT2D eigenvalue weighted by atomic mass is 35.5. The van der Waals surface area contributed by atoms with E-state index >= 15 is 0 Å². The van der Waals surface area contributed by atoms with Crippen LogP contribution in [0.1, 0.15) is 21.5 Å². The van der Waals surface area contributed by atoms with Crippen LogP contribution in [0.2, 0.25) is 5.02 Å². The zero-order valence-corrected chi connectivity index (χ0v) is 14.9. The van der Waals surface area contributed by atoms with Gasteiger partial charge in [-0.2, -0.15) is 0 Å². The van der Waals surface area contributed by atoms with Crippen molar-refractivity contribution in [3.8, 4) is 0 Å². The summed E-state index contributed by atoms with van der Waals surface area (Å²) in [7, 11) is 0. The molecule has 3 rings (SSSR count). The van der Waals surface area contributed by atoms with Crippen molar-refractivity contribution in [2.24, 2.45) is 0 Å². The summed E-state index contributed by atoms with van der Waals surface area (Å²) in [4.78, 5) is 12.7. The van der Waals surface area contributed by atoms with Crippen LogP contribution in [-0.4, -0.2) is 5.78 Å². The predicted octanol–water partition coefficient (Wildman–Crippen LogP) is 6.12. The summed E-state index contributed by atoms with van der Waals surface area (Å²) in [6.45, 7) is 2.00. The van der Waals surface area contributed by atoms with Gasteiger partial charge in [-0.25, -0.2) is 4.39 Å². The van der Waals surface area contributed by atoms with Gasteiger partial charge in [0.2, 0.25) is 0 Å². The molecule has 4 heteroatoms. The summed E-state index contributed by atoms with van der Waals surface area (Å²) in [6, 6.07) is 20.7. The molecule has 0 radical (unpaired) electrons. The Kier molecular flexibility index (Phi) is 5.49. The van der Waals surface area contributed by atoms with E-state index in [0.29, 0.717) is 22.0 Å². The Labute approximate surface area is 156 Å². The van der Waals surface area contributed by atoms with E-state index in [4.69, 9.17) is 11.6 Å². The Morgan fingerprint density at radius 3 is 2.27 bits per heavy atom. The molecule has 0 atom stereocenters. The molecule has 0 fully saturated rings. The molecule has 0 bridgehead atoms. The van der Waals surface area contributed by atoms with E-state index in [1.165, 1.54) is 18.2 Å². The van der Waals surface area contributed by atoms with E-state index in [1.807, 2.05) is 31.2 Å². The average Bonchev–Trinajstić information content (AvgIpc) is 2.64. The van der Waals surface area contributed by atoms with Crippen LogP contribution in [0.15, 0.2) is 78.9 Å². The van der Waals surface area contributed by atoms with Gasteiger partial charge in [0.25, 0.3) is 0 Å². The maximum atomic E-state index is 13.2. The molecule has 3 aromatic carbocycles. The minimum absolute atomic E-state index is 0.208. The number of anilines is 1. The number of rotatable bonds is 5. The summed E-state index contributed by atoms with van der Waals surface area (Å²) in [5.41, 5.74) is 3.69. The lowest BCUT2D eigenvalue weighted by Crippen LogP contribution is -2.04. The molecule has 26 heavy (non-hydrogen) atoms. The first kappa shape index (κ1) is 17.9. The lowest BCUT2D eigenvalue weighted by atomic mass is 10.0. The zero-order valence-electron chi connectivity index (χ0n) is 14.2. The highest BCUT2D eigenvalue weighted by molar-refractivity contribution is 6.34. The van der Waals surface area contributed by atoms with E-state index in [0.717, 1.165) is 11.1 Å². The van der Waals surface area contributed by atoms with Crippen LogP contribution in [0.3, 0.4) is 0 Å². The van der Waals surface area contributed by atoms with Crippen molar-refractivity contribution in [2.45, 2.75) is 6.92 Å². The van der Waals surface area contributed by atoms with Gasteiger partial charge in [0.1, 0.15) is 5.82 Å². The van der Waals surface area contributed by atoms with Crippen molar-refractivity contribution < 1.29 is 9.18 Å². The van der Waals surface area contributed by atoms with E-state index < -0.39 is 0 Å². The van der Waals surface area contributed by atoms with Crippen LogP contribution in [0.5, 0.6) is 0 Å². The topological polar surface area (TPSA) is 29.1 Å². The molecule has 3 aromatic rings. The van der Waals surface area contributed by atoms with Crippen molar-refractivity contribution in [3.05, 3.63) is 106 Å². The average molecular weight is 366 g/mol. The number of aryl methyl sites for hydroxylation is 1. The number of allylic oxidation sites excluding steroid dienone is 1. The molecule has 0 aliphatic carbocycles. The van der Waals surface area contributed by atoms with Crippen LogP contribution >= 0.6 is 11.6 Å². The maximum absolute atomic E-state index is 13.2. The molecule has 0 aliphatic rings. The summed E-state index contributed by atoms with van der Waals surface area (Å²) in [5.74, 6) is -0.524. The minimum atomic E-state index is -0.316. The molecule has 0 aromatic heterocycles. The molecule has 0 amide bonds. The number of carbonyl (C=O) groups excluding carboxylic acids is 1. The Hall–Kier alpha value is -2.91. The molecule has 0 spiro atoms. The molecule has 0 aliphatic heterocycles. The lowest BCUT2D eigenvalue weighted by Gasteiger charge is -2.12. The number of hydrogen-bond donors (Lipinski definition) is 1. The fourth-order valence-corrected chi connectivity index (χ4v) is 2.71. The number of carbonyl (C=O) groups is 1. The van der Waals surface area contributed by atoms with Gasteiger partial charge in [-0.1, -0.05) is 53.6 Å². The summed E-state index contributed by atoms with van der Waals surface area (Å²) in [6.07, 6.45) is 1.51. The summed E-state index contributed by atoms with van der Waals surface area (Å²) >= 11 is 6.13. The van der Waals surface area contributed by atoms with Crippen molar-refractivity contribution in [1.29, 1.82) is 0 Å². The second-order valence-electron chi connectivity index (χ2n) is 5.90. The van der Waals surface area contributed by atoms with E-state index in [-0.39, 0.29) is 11.6 Å². The number of nitrogens with one attached hydrogen (secondary N) is 1. The molecule has 1 N–H and O–H groups in total. The van der Waals surface area contributed by atoms with Crippen LogP contribution in [0, 0.1) is 12.7 Å². The first-order chi connectivity index (χ1) is 12.5. The largest absolute Gasteiger partial charge is 0.355 e. The van der Waals surface area contributed by atoms with Gasteiger partial charge >= 0.3 is 0 Å². The maximum Gasteiger partial charge on any atom is 0.189 e. The van der Waals surface area contributed by atoms with Gasteiger partial charge in [-0.3, -0.25) is 4.79 Å². The van der Waals surface area contributed by atoms with Gasteiger partial charge in [0.05, 0.1) is 5.02 Å². The molecule has 0 saturated carbocycles. The zero-order chi connectivity index (χ0) is 18.5. The number of halogens is 2. The van der Waals surface area contributed by atoms with Crippen molar-refractivity contribution >= 4 is 28.8 Å². The Morgan fingerprint density at radius 1 is 0.962 bits per heavy atom. The summed E-state index contributed by atoms with van der Waals surface area (Å²) < 4.78 is 13.2. The van der Waals surface area contributed by atoms with Gasteiger partial charge < -0.3 is 5.32 Å². The van der Waals surface area contributed by atoms with Gasteiger partial charge in [-0.15, -0.1) is 0 Å². The van der Waals surface area contributed by atoms with Gasteiger partial charge in [-0.05, 0) is 48.9 Å². The third-order valence-corrected chi connectivity index (χ3v) is 4.23. The smallest absolute Gasteiger partial charge is 0.189 e. The minimum Gasteiger partial charge on any atom is -0.355 e. The number of hydrogen-bond acceptors (Lipinski definition) is 2. The fourth-order valence-electron chi connectivity index (χ4n) is 2.48. The van der Waals surface area contributed by atoms with E-state index in [2.05, 4.69) is 5.32 Å². The monoisotopic (exact) mass is 365 g/mol. The van der Waals surface area contributed by atoms with Crippen LogP contribution in [0.25, 0.3) is 5.70 Å². The second-order valence-corrected chi connectivity index (χ2v) is 6.31. The normalized spacial score (nSPS) is 11.3. The van der Waals surface area contributed by atoms with E-state index in [1.54, 1.807) is 36.4 Å². The third kappa shape index (κ3) is 4.38. The number of benzene rings is 3. The van der Waals surface area contributed by atoms with Crippen molar-refractivity contribution in [2.75, 3.05) is 5.32 Å². The molecule has 0 unspecified atom stereocenters. The SMILES string of the molecule is Cc1ccc(/C(=C\C(=O)c2ccccc2Cl)Nc2ccc(F)cc2)cc1. The first-order valence-electron chi connectivity index (χ1n) is 8.13. The summed E-state index contributed by atoms with van der Waals surface area (Å²) in [5, 5.41) is 3.59. The Bertz CT molecular complexity index is 947. The highest BCUT2D eigenvalue weighted by Crippen LogP contribution is 2.22. The van der Waals surface area contributed by atoms with Crippen LogP contribution in [0.4, 0.5) is 10.1 Å². The fraction of sp³-hybridized carbons (Fsp3) is 0.0455. The van der Waals surface area contributed by atoms with E-state index in [9.17, 15) is 9.18 Å². The Balaban J connectivity index is 1.99. The number of ketones is 1.